The maximum Gasteiger partial charge on any atom is 0.213 e. The van der Waals surface area contributed by atoms with Crippen LogP contribution in [0.1, 0.15) is 58.2 Å². The van der Waals surface area contributed by atoms with Gasteiger partial charge in [0, 0.05) is 12.5 Å². The fourth-order valence-corrected chi connectivity index (χ4v) is 4.32. The second kappa shape index (κ2) is 12.3. The molecule has 2 aliphatic rings. The summed E-state index contributed by atoms with van der Waals surface area (Å²) in [5.74, 6) is 2.13. The molecule has 37 heavy (non-hydrogen) atoms. The van der Waals surface area contributed by atoms with Crippen LogP contribution in [0.4, 0.5) is 11.4 Å². The van der Waals surface area contributed by atoms with Crippen LogP contribution in [-0.4, -0.2) is 43.0 Å². The monoisotopic (exact) mass is 504 g/mol. The summed E-state index contributed by atoms with van der Waals surface area (Å²) in [5, 5.41) is 6.64. The zero-order chi connectivity index (χ0) is 26.3. The third kappa shape index (κ3) is 7.63. The highest BCUT2D eigenvalue weighted by atomic mass is 16.7. The second-order valence-corrected chi connectivity index (χ2v) is 10.7. The molecular weight excluding hydrogens is 464 g/mol. The zero-order valence-corrected chi connectivity index (χ0v) is 22.7. The minimum Gasteiger partial charge on any atom is -0.477 e. The van der Waals surface area contributed by atoms with Gasteiger partial charge in [-0.25, -0.2) is 15.0 Å². The molecule has 0 aliphatic carbocycles. The van der Waals surface area contributed by atoms with Gasteiger partial charge in [-0.15, -0.1) is 0 Å². The number of ether oxygens (including phenoxy) is 1. The van der Waals surface area contributed by atoms with Gasteiger partial charge in [-0.1, -0.05) is 39.0 Å². The number of allylic oxidation sites excluding steroid dienone is 1. The third-order valence-corrected chi connectivity index (χ3v) is 6.77. The van der Waals surface area contributed by atoms with Crippen molar-refractivity contribution in [1.82, 2.24) is 15.8 Å². The Labute approximate surface area is 220 Å². The lowest BCUT2D eigenvalue weighted by molar-refractivity contribution is -0.0198. The van der Waals surface area contributed by atoms with Gasteiger partial charge in [-0.3, -0.25) is 10.3 Å². The van der Waals surface area contributed by atoms with Crippen molar-refractivity contribution < 1.29 is 9.57 Å². The average Bonchev–Trinajstić information content (AvgIpc) is 3.37. The Morgan fingerprint density at radius 2 is 1.92 bits per heavy atom. The summed E-state index contributed by atoms with van der Waals surface area (Å²) in [7, 11) is 0. The van der Waals surface area contributed by atoms with E-state index in [1.54, 1.807) is 6.34 Å². The smallest absolute Gasteiger partial charge is 0.213 e. The van der Waals surface area contributed by atoms with E-state index in [2.05, 4.69) is 46.9 Å². The van der Waals surface area contributed by atoms with E-state index in [-0.39, 0.29) is 11.5 Å². The number of benzene rings is 1. The van der Waals surface area contributed by atoms with E-state index >= 15 is 0 Å². The summed E-state index contributed by atoms with van der Waals surface area (Å²) in [4.78, 5) is 19.6. The number of nitrogens with one attached hydrogen (secondary N) is 3. The number of rotatable bonds is 8. The van der Waals surface area contributed by atoms with Crippen LogP contribution in [0.3, 0.4) is 0 Å². The molecule has 8 nitrogen and oxygen atoms in total. The molecule has 1 aromatic heterocycles. The van der Waals surface area contributed by atoms with Crippen molar-refractivity contribution in [3.63, 3.8) is 0 Å². The Bertz CT molecular complexity index is 1130. The van der Waals surface area contributed by atoms with Crippen LogP contribution in [0.2, 0.25) is 0 Å². The number of hydrogen-bond acceptors (Lipinski definition) is 6. The quantitative estimate of drug-likeness (QED) is 0.318. The summed E-state index contributed by atoms with van der Waals surface area (Å²) in [6.45, 7) is 13.3. The number of aliphatic imine (C=N–C) groups is 2. The van der Waals surface area contributed by atoms with E-state index in [0.29, 0.717) is 11.8 Å². The summed E-state index contributed by atoms with van der Waals surface area (Å²) in [5.41, 5.74) is 7.59. The molecule has 8 heteroatoms. The molecule has 2 aliphatic heterocycles. The van der Waals surface area contributed by atoms with Gasteiger partial charge in [-0.05, 0) is 74.9 Å². The normalized spacial score (nSPS) is 20.4. The largest absolute Gasteiger partial charge is 0.477 e. The van der Waals surface area contributed by atoms with Crippen molar-refractivity contribution in [1.29, 1.82) is 0 Å². The first-order valence-electron chi connectivity index (χ1n) is 13.2. The zero-order valence-electron chi connectivity index (χ0n) is 22.7. The van der Waals surface area contributed by atoms with E-state index in [4.69, 9.17) is 14.6 Å². The van der Waals surface area contributed by atoms with Crippen LogP contribution in [0.25, 0.3) is 5.70 Å². The fraction of sp³-hybridized carbons (Fsp3) is 0.483. The topological polar surface area (TPSA) is 92.2 Å². The molecule has 0 saturated carbocycles. The first-order chi connectivity index (χ1) is 17.8. The third-order valence-electron chi connectivity index (χ3n) is 6.77. The van der Waals surface area contributed by atoms with Crippen molar-refractivity contribution in [3.05, 3.63) is 53.7 Å². The Kier molecular flexibility index (Phi) is 8.95. The molecule has 0 radical (unpaired) electrons. The molecule has 3 heterocycles. The Morgan fingerprint density at radius 1 is 1.16 bits per heavy atom. The highest BCUT2D eigenvalue weighted by molar-refractivity contribution is 5.86. The highest BCUT2D eigenvalue weighted by Gasteiger charge is 2.32. The van der Waals surface area contributed by atoms with Crippen LogP contribution in [0.5, 0.6) is 5.88 Å². The summed E-state index contributed by atoms with van der Waals surface area (Å²) >= 11 is 0. The molecule has 3 N–H and O–H groups in total. The number of hydroxylamine groups is 1. The van der Waals surface area contributed by atoms with Crippen LogP contribution in [-0.2, 0) is 4.84 Å². The van der Waals surface area contributed by atoms with Crippen molar-refractivity contribution in [2.24, 2.45) is 21.3 Å². The molecule has 1 aromatic carbocycles. The molecule has 4 rings (SSSR count). The number of anilines is 1. The minimum atomic E-state index is 0.0675. The van der Waals surface area contributed by atoms with Gasteiger partial charge in [0.2, 0.25) is 5.88 Å². The van der Waals surface area contributed by atoms with Crippen LogP contribution >= 0.6 is 0 Å². The summed E-state index contributed by atoms with van der Waals surface area (Å²) < 4.78 is 5.94. The van der Waals surface area contributed by atoms with E-state index < -0.39 is 0 Å². The second-order valence-electron chi connectivity index (χ2n) is 10.7. The van der Waals surface area contributed by atoms with Gasteiger partial charge in [-0.2, -0.15) is 0 Å². The molecule has 1 unspecified atom stereocenters. The highest BCUT2D eigenvalue weighted by Crippen LogP contribution is 2.28. The van der Waals surface area contributed by atoms with Crippen LogP contribution in [0, 0.1) is 18.3 Å². The Morgan fingerprint density at radius 3 is 2.57 bits per heavy atom. The lowest BCUT2D eigenvalue weighted by Crippen LogP contribution is -2.30. The van der Waals surface area contributed by atoms with E-state index in [9.17, 15) is 0 Å². The van der Waals surface area contributed by atoms with E-state index in [0.717, 1.165) is 73.1 Å². The molecule has 1 atom stereocenters. The summed E-state index contributed by atoms with van der Waals surface area (Å²) in [6, 6.07) is 12.0. The molecule has 2 saturated heterocycles. The Balaban J connectivity index is 1.31. The van der Waals surface area contributed by atoms with Gasteiger partial charge >= 0.3 is 0 Å². The van der Waals surface area contributed by atoms with Gasteiger partial charge in [0.05, 0.1) is 41.8 Å². The van der Waals surface area contributed by atoms with Crippen molar-refractivity contribution in [2.45, 2.75) is 60.0 Å². The number of hydrogen-bond donors (Lipinski definition) is 3. The lowest BCUT2D eigenvalue weighted by Gasteiger charge is -2.23. The molecule has 198 valence electrons. The predicted octanol–water partition coefficient (Wildman–Crippen LogP) is 5.64. The molecule has 0 spiro atoms. The van der Waals surface area contributed by atoms with Crippen LogP contribution < -0.4 is 20.9 Å². The first-order valence-corrected chi connectivity index (χ1v) is 13.2. The van der Waals surface area contributed by atoms with Crippen LogP contribution in [0.15, 0.2) is 52.5 Å². The van der Waals surface area contributed by atoms with Gasteiger partial charge in [0.15, 0.2) is 0 Å². The number of aromatic nitrogens is 1. The maximum absolute atomic E-state index is 5.94. The number of pyridine rings is 1. The average molecular weight is 505 g/mol. The number of amidine groups is 1. The molecule has 0 bridgehead atoms. The van der Waals surface area contributed by atoms with Crippen molar-refractivity contribution in [2.75, 3.05) is 25.0 Å². The maximum atomic E-state index is 5.94. The molecule has 0 amide bonds. The number of piperidine rings is 1. The van der Waals surface area contributed by atoms with Gasteiger partial charge in [0.25, 0.3) is 0 Å². The minimum absolute atomic E-state index is 0.0675. The van der Waals surface area contributed by atoms with E-state index in [1.807, 2.05) is 56.3 Å². The fourth-order valence-electron chi connectivity index (χ4n) is 4.32. The first kappa shape index (κ1) is 26.8. The van der Waals surface area contributed by atoms with Gasteiger partial charge < -0.3 is 15.4 Å². The molecule has 2 aromatic rings. The SMILES string of the molecule is C/C=C(\N=CNc1ccc(OCC2CCNCC2)nc1C)c1ccc(N=C2CC(C(C)(C)C)ON2)cc1. The standard InChI is InChI=1S/C29H40N6O2/c1-6-24(22-7-9-23(10-8-22)34-27-17-26(37-35-27)29(3,4)5)31-19-32-25-11-12-28(33-20(25)2)36-18-21-13-15-30-16-14-21/h6-12,19,21,26,30H,13-18H2,1-5H3,(H,31,32)(H,34,35)/b24-6-. The lowest BCUT2D eigenvalue weighted by atomic mass is 9.87. The summed E-state index contributed by atoms with van der Waals surface area (Å²) in [6.07, 6.45) is 6.90. The van der Waals surface area contributed by atoms with Crippen molar-refractivity contribution >= 4 is 29.2 Å². The van der Waals surface area contributed by atoms with Gasteiger partial charge in [0.1, 0.15) is 5.84 Å². The molecule has 2 fully saturated rings. The number of aryl methyl sites for hydroxylation is 1. The number of nitrogens with zero attached hydrogens (tertiary/aromatic N) is 3. The molecular formula is C29H40N6O2. The van der Waals surface area contributed by atoms with E-state index in [1.165, 1.54) is 0 Å². The Hall–Kier alpha value is -3.23. The predicted molar refractivity (Wildman–Crippen MR) is 151 cm³/mol. The van der Waals surface area contributed by atoms with Crippen molar-refractivity contribution in [3.8, 4) is 5.88 Å².